The van der Waals surface area contributed by atoms with E-state index in [9.17, 15) is 13.2 Å². The molecule has 7 nitrogen and oxygen atoms in total. The molecule has 4 rings (SSSR count). The molecule has 8 heteroatoms. The van der Waals surface area contributed by atoms with Gasteiger partial charge in [0, 0.05) is 30.7 Å². The van der Waals surface area contributed by atoms with Crippen LogP contribution in [0.15, 0.2) is 48.7 Å². The van der Waals surface area contributed by atoms with Crippen LogP contribution in [0.4, 0.5) is 0 Å². The smallest absolute Gasteiger partial charge is 0.263 e. The second kappa shape index (κ2) is 9.11. The lowest BCUT2D eigenvalue weighted by atomic mass is 9.93. The Morgan fingerprint density at radius 3 is 2.61 bits per heavy atom. The maximum Gasteiger partial charge on any atom is 0.263 e. The second-order valence-electron chi connectivity index (χ2n) is 8.70. The normalized spacial score (nSPS) is 17.7. The Hall–Kier alpha value is -2.97. The van der Waals surface area contributed by atoms with Crippen molar-refractivity contribution in [3.8, 4) is 16.9 Å². The van der Waals surface area contributed by atoms with E-state index in [-0.39, 0.29) is 12.5 Å². The maximum atomic E-state index is 12.9. The van der Waals surface area contributed by atoms with Gasteiger partial charge in [0.15, 0.2) is 6.10 Å². The second-order valence-corrected chi connectivity index (χ2v) is 10.5. The molecule has 2 aromatic carbocycles. The number of fused-ring (bicyclic) bond motifs is 1. The third-order valence-corrected chi connectivity index (χ3v) is 7.59. The van der Waals surface area contributed by atoms with Crippen molar-refractivity contribution < 1.29 is 17.9 Å². The minimum Gasteiger partial charge on any atom is -0.481 e. The number of hydrogen-bond donors (Lipinski definition) is 1. The van der Waals surface area contributed by atoms with Gasteiger partial charge in [-0.15, -0.1) is 0 Å². The van der Waals surface area contributed by atoms with Crippen LogP contribution in [0.5, 0.6) is 5.75 Å². The van der Waals surface area contributed by atoms with E-state index in [0.717, 1.165) is 16.5 Å². The summed E-state index contributed by atoms with van der Waals surface area (Å²) >= 11 is 0. The first-order chi connectivity index (χ1) is 15.6. The molecule has 0 spiro atoms. The van der Waals surface area contributed by atoms with Crippen LogP contribution >= 0.6 is 0 Å². The first-order valence-electron chi connectivity index (χ1n) is 11.1. The van der Waals surface area contributed by atoms with Gasteiger partial charge in [-0.3, -0.25) is 9.78 Å². The van der Waals surface area contributed by atoms with Gasteiger partial charge in [0.1, 0.15) is 5.75 Å². The van der Waals surface area contributed by atoms with Crippen LogP contribution in [0.2, 0.25) is 0 Å². The highest BCUT2D eigenvalue weighted by Gasteiger charge is 2.32. The average molecular weight is 468 g/mol. The number of sulfonamides is 1. The van der Waals surface area contributed by atoms with E-state index >= 15 is 0 Å². The van der Waals surface area contributed by atoms with Crippen molar-refractivity contribution in [3.05, 3.63) is 59.8 Å². The van der Waals surface area contributed by atoms with Crippen molar-refractivity contribution in [1.29, 1.82) is 0 Å². The van der Waals surface area contributed by atoms with Crippen molar-refractivity contribution in [3.63, 3.8) is 0 Å². The lowest BCUT2D eigenvalue weighted by Crippen LogP contribution is -2.50. The number of aryl methyl sites for hydroxylation is 2. The van der Waals surface area contributed by atoms with E-state index in [1.807, 2.05) is 24.3 Å². The van der Waals surface area contributed by atoms with Gasteiger partial charge in [0.25, 0.3) is 5.91 Å². The van der Waals surface area contributed by atoms with Crippen LogP contribution in [0, 0.1) is 13.8 Å². The molecule has 2 heterocycles. The number of pyridine rings is 1. The molecule has 2 atom stereocenters. The number of rotatable bonds is 5. The Morgan fingerprint density at radius 1 is 1.18 bits per heavy atom. The molecule has 0 bridgehead atoms. The van der Waals surface area contributed by atoms with Crippen molar-refractivity contribution in [2.45, 2.75) is 45.0 Å². The van der Waals surface area contributed by atoms with E-state index in [1.54, 1.807) is 13.1 Å². The Bertz CT molecular complexity index is 1290. The number of hydrogen-bond acceptors (Lipinski definition) is 5. The Kier molecular flexibility index (Phi) is 6.41. The van der Waals surface area contributed by atoms with Crippen molar-refractivity contribution in [2.24, 2.45) is 5.14 Å². The number of primary sulfonamides is 1. The highest BCUT2D eigenvalue weighted by atomic mass is 32.2. The average Bonchev–Trinajstić information content (AvgIpc) is 2.78. The number of likely N-dealkylation sites (tertiary alicyclic amines) is 1. The molecule has 2 N–H and O–H groups in total. The largest absolute Gasteiger partial charge is 0.481 e. The number of carbonyl (C=O) groups is 1. The zero-order chi connectivity index (χ0) is 23.8. The number of piperidine rings is 1. The fraction of sp³-hybridized carbons (Fsp3) is 0.360. The molecule has 0 radical (unpaired) electrons. The molecule has 1 aromatic heterocycles. The first kappa shape index (κ1) is 23.2. The number of aromatic nitrogens is 1. The predicted octanol–water partition coefficient (Wildman–Crippen LogP) is 3.57. The molecular weight excluding hydrogens is 438 g/mol. The highest BCUT2D eigenvalue weighted by molar-refractivity contribution is 7.89. The topological polar surface area (TPSA) is 103 Å². The molecule has 33 heavy (non-hydrogen) atoms. The Labute approximate surface area is 194 Å². The molecule has 1 unspecified atom stereocenters. The number of carbonyl (C=O) groups excluding carboxylic acids is 1. The fourth-order valence-electron chi connectivity index (χ4n) is 4.58. The van der Waals surface area contributed by atoms with Gasteiger partial charge in [0.05, 0.1) is 10.8 Å². The molecule has 3 aromatic rings. The van der Waals surface area contributed by atoms with Crippen molar-refractivity contribution >= 4 is 26.8 Å². The van der Waals surface area contributed by atoms with Gasteiger partial charge in [-0.2, -0.15) is 0 Å². The summed E-state index contributed by atoms with van der Waals surface area (Å²) in [5.41, 5.74) is 5.47. The summed E-state index contributed by atoms with van der Waals surface area (Å²) in [5, 5.41) is 5.58. The SMILES string of the molecule is Cc1cccc(C)c1-c1ccnc2cc(O[C@H](C)C(=O)N3CCCC(S(N)(=O)=O)C3)ccc12. The molecule has 1 aliphatic heterocycles. The van der Waals surface area contributed by atoms with Gasteiger partial charge in [-0.05, 0) is 74.1 Å². The van der Waals surface area contributed by atoms with E-state index in [2.05, 4.69) is 37.0 Å². The van der Waals surface area contributed by atoms with Gasteiger partial charge in [-0.25, -0.2) is 13.6 Å². The Balaban J connectivity index is 1.56. The Morgan fingerprint density at radius 2 is 1.91 bits per heavy atom. The minimum absolute atomic E-state index is 0.101. The standard InChI is InChI=1S/C25H29N3O4S/c1-16-6-4-7-17(2)24(16)22-11-12-27-23-14-19(9-10-21(22)23)32-18(3)25(29)28-13-5-8-20(15-28)33(26,30)31/h4,6-7,9-12,14,18,20H,5,8,13,15H2,1-3H3,(H2,26,30,31)/t18-,20?/m1/s1. The number of nitrogens with zero attached hydrogens (tertiary/aromatic N) is 2. The molecule has 1 amide bonds. The monoisotopic (exact) mass is 467 g/mol. The number of ether oxygens (including phenoxy) is 1. The maximum absolute atomic E-state index is 12.9. The van der Waals surface area contributed by atoms with E-state index in [1.165, 1.54) is 21.6 Å². The lowest BCUT2D eigenvalue weighted by molar-refractivity contribution is -0.138. The summed E-state index contributed by atoms with van der Waals surface area (Å²) in [5.74, 6) is 0.287. The number of benzene rings is 2. The molecule has 0 aliphatic carbocycles. The summed E-state index contributed by atoms with van der Waals surface area (Å²) in [4.78, 5) is 18.9. The zero-order valence-electron chi connectivity index (χ0n) is 19.1. The summed E-state index contributed by atoms with van der Waals surface area (Å²) in [6.45, 7) is 6.47. The molecule has 0 saturated carbocycles. The molecule has 1 saturated heterocycles. The van der Waals surface area contributed by atoms with Crippen LogP contribution in [0.3, 0.4) is 0 Å². The molecule has 1 aliphatic rings. The fourth-order valence-corrected chi connectivity index (χ4v) is 5.46. The third kappa shape index (κ3) is 4.86. The molecule has 174 valence electrons. The van der Waals surface area contributed by atoms with Crippen LogP contribution in [-0.4, -0.2) is 48.7 Å². The lowest BCUT2D eigenvalue weighted by Gasteiger charge is -2.33. The van der Waals surface area contributed by atoms with Gasteiger partial charge < -0.3 is 9.64 Å². The molecule has 1 fully saturated rings. The molecular formula is C25H29N3O4S. The quantitative estimate of drug-likeness (QED) is 0.618. The van der Waals surface area contributed by atoms with Gasteiger partial charge in [0.2, 0.25) is 10.0 Å². The van der Waals surface area contributed by atoms with E-state index in [0.29, 0.717) is 25.1 Å². The highest BCUT2D eigenvalue weighted by Crippen LogP contribution is 2.34. The minimum atomic E-state index is -3.68. The van der Waals surface area contributed by atoms with Crippen LogP contribution in [0.1, 0.15) is 30.9 Å². The van der Waals surface area contributed by atoms with Crippen molar-refractivity contribution in [1.82, 2.24) is 9.88 Å². The summed E-state index contributed by atoms with van der Waals surface area (Å²) < 4.78 is 29.4. The first-order valence-corrected chi connectivity index (χ1v) is 12.7. The van der Waals surface area contributed by atoms with Crippen LogP contribution in [-0.2, 0) is 14.8 Å². The zero-order valence-corrected chi connectivity index (χ0v) is 19.9. The van der Waals surface area contributed by atoms with Crippen LogP contribution in [0.25, 0.3) is 22.0 Å². The summed E-state index contributed by atoms with van der Waals surface area (Å²) in [6, 6.07) is 13.9. The summed E-state index contributed by atoms with van der Waals surface area (Å²) in [7, 11) is -3.68. The van der Waals surface area contributed by atoms with Gasteiger partial charge >= 0.3 is 0 Å². The summed E-state index contributed by atoms with van der Waals surface area (Å²) in [6.07, 6.45) is 2.09. The number of nitrogens with two attached hydrogens (primary N) is 1. The third-order valence-electron chi connectivity index (χ3n) is 6.28. The predicted molar refractivity (Wildman–Crippen MR) is 129 cm³/mol. The number of amides is 1. The van der Waals surface area contributed by atoms with E-state index < -0.39 is 21.4 Å². The van der Waals surface area contributed by atoms with Gasteiger partial charge in [-0.1, -0.05) is 18.2 Å². The van der Waals surface area contributed by atoms with Crippen LogP contribution < -0.4 is 9.88 Å². The van der Waals surface area contributed by atoms with Crippen molar-refractivity contribution in [2.75, 3.05) is 13.1 Å². The van der Waals surface area contributed by atoms with E-state index in [4.69, 9.17) is 9.88 Å².